The molecule has 0 fully saturated rings. The molecule has 2 rings (SSSR count). The molecule has 27 heavy (non-hydrogen) atoms. The Morgan fingerprint density at radius 1 is 1.04 bits per heavy atom. The molecule has 2 amide bonds. The first-order chi connectivity index (χ1) is 12.8. The van der Waals surface area contributed by atoms with Crippen LogP contribution in [0.2, 0.25) is 0 Å². The van der Waals surface area contributed by atoms with Crippen LogP contribution in [0.5, 0.6) is 5.75 Å². The van der Waals surface area contributed by atoms with Gasteiger partial charge in [-0.25, -0.2) is 0 Å². The highest BCUT2D eigenvalue weighted by Gasteiger charge is 2.31. The lowest BCUT2D eigenvalue weighted by atomic mass is 10.2. The number of halogens is 3. The summed E-state index contributed by atoms with van der Waals surface area (Å²) in [6, 6.07) is 11.6. The topological polar surface area (TPSA) is 79.5 Å². The first kappa shape index (κ1) is 20.1. The van der Waals surface area contributed by atoms with Gasteiger partial charge in [0.2, 0.25) is 5.91 Å². The van der Waals surface area contributed by atoms with E-state index in [0.717, 1.165) is 12.1 Å². The van der Waals surface area contributed by atoms with E-state index in [1.54, 1.807) is 25.1 Å². The molecular formula is C18H18F3N3O3. The summed E-state index contributed by atoms with van der Waals surface area (Å²) in [4.78, 5) is 23.8. The van der Waals surface area contributed by atoms with Gasteiger partial charge in [-0.15, -0.1) is 13.2 Å². The van der Waals surface area contributed by atoms with Gasteiger partial charge in [-0.3, -0.25) is 9.59 Å². The smallest absolute Gasteiger partial charge is 0.406 e. The number of rotatable bonds is 7. The average Bonchev–Trinajstić information content (AvgIpc) is 2.59. The zero-order valence-electron chi connectivity index (χ0n) is 14.4. The Balaban J connectivity index is 1.92. The highest BCUT2D eigenvalue weighted by Crippen LogP contribution is 2.24. The summed E-state index contributed by atoms with van der Waals surface area (Å²) in [7, 11) is 0. The summed E-state index contributed by atoms with van der Waals surface area (Å²) in [5.41, 5.74) is 1.13. The summed E-state index contributed by atoms with van der Waals surface area (Å²) < 4.78 is 40.5. The fraction of sp³-hybridized carbons (Fsp3) is 0.222. The van der Waals surface area contributed by atoms with Gasteiger partial charge in [-0.05, 0) is 37.3 Å². The van der Waals surface area contributed by atoms with Crippen LogP contribution in [-0.4, -0.2) is 31.3 Å². The summed E-state index contributed by atoms with van der Waals surface area (Å²) in [5.74, 6) is -1.07. The van der Waals surface area contributed by atoms with Crippen molar-refractivity contribution in [1.82, 2.24) is 5.32 Å². The van der Waals surface area contributed by atoms with Crippen LogP contribution >= 0.6 is 0 Å². The molecule has 0 heterocycles. The van der Waals surface area contributed by atoms with E-state index in [4.69, 9.17) is 0 Å². The van der Waals surface area contributed by atoms with Gasteiger partial charge in [0.05, 0.1) is 6.54 Å². The molecule has 0 saturated heterocycles. The number of alkyl halides is 3. The first-order valence-electron chi connectivity index (χ1n) is 8.04. The van der Waals surface area contributed by atoms with Crippen LogP contribution in [0, 0.1) is 0 Å². The Bertz CT molecular complexity index is 810. The SMILES string of the molecule is CCNC(=O)c1cccc(NC(=O)CNc2cccc(OC(F)(F)F)c2)c1. The van der Waals surface area contributed by atoms with Crippen LogP contribution < -0.4 is 20.7 Å². The Morgan fingerprint density at radius 2 is 1.74 bits per heavy atom. The second kappa shape index (κ2) is 8.93. The van der Waals surface area contributed by atoms with E-state index in [1.165, 1.54) is 18.2 Å². The predicted molar refractivity (Wildman–Crippen MR) is 94.7 cm³/mol. The molecule has 0 atom stereocenters. The molecule has 0 aliphatic rings. The van der Waals surface area contributed by atoms with Gasteiger partial charge >= 0.3 is 6.36 Å². The Labute approximate surface area is 153 Å². The number of hydrogen-bond acceptors (Lipinski definition) is 4. The van der Waals surface area contributed by atoms with Gasteiger partial charge in [0.25, 0.3) is 5.91 Å². The van der Waals surface area contributed by atoms with E-state index in [2.05, 4.69) is 20.7 Å². The molecule has 0 aliphatic heterocycles. The van der Waals surface area contributed by atoms with Gasteiger partial charge < -0.3 is 20.7 Å². The molecule has 0 aromatic heterocycles. The van der Waals surface area contributed by atoms with Crippen molar-refractivity contribution in [2.45, 2.75) is 13.3 Å². The van der Waals surface area contributed by atoms with Crippen molar-refractivity contribution < 1.29 is 27.5 Å². The molecule has 2 aromatic carbocycles. The maximum absolute atomic E-state index is 12.2. The molecule has 2 aromatic rings. The normalized spacial score (nSPS) is 10.8. The number of anilines is 2. The monoisotopic (exact) mass is 381 g/mol. The summed E-state index contributed by atoms with van der Waals surface area (Å²) in [6.07, 6.45) is -4.79. The highest BCUT2D eigenvalue weighted by atomic mass is 19.4. The zero-order chi connectivity index (χ0) is 19.9. The number of ether oxygens (including phenoxy) is 1. The third-order valence-electron chi connectivity index (χ3n) is 3.27. The van der Waals surface area contributed by atoms with Gasteiger partial charge in [0.1, 0.15) is 5.75 Å². The molecular weight excluding hydrogens is 363 g/mol. The van der Waals surface area contributed by atoms with Crippen molar-refractivity contribution >= 4 is 23.2 Å². The number of amides is 2. The number of benzene rings is 2. The molecule has 0 bridgehead atoms. The zero-order valence-corrected chi connectivity index (χ0v) is 14.4. The second-order valence-electron chi connectivity index (χ2n) is 5.42. The van der Waals surface area contributed by atoms with Crippen LogP contribution in [0.25, 0.3) is 0 Å². The van der Waals surface area contributed by atoms with Crippen LogP contribution in [0.4, 0.5) is 24.5 Å². The molecule has 0 unspecified atom stereocenters. The first-order valence-corrected chi connectivity index (χ1v) is 8.04. The van der Waals surface area contributed by atoms with Crippen LogP contribution in [0.15, 0.2) is 48.5 Å². The molecule has 0 spiro atoms. The summed E-state index contributed by atoms with van der Waals surface area (Å²) in [5, 5.41) is 7.97. The van der Waals surface area contributed by atoms with Gasteiger partial charge in [-0.2, -0.15) is 0 Å². The fourth-order valence-electron chi connectivity index (χ4n) is 2.19. The van der Waals surface area contributed by atoms with Crippen molar-refractivity contribution in [3.8, 4) is 5.75 Å². The summed E-state index contributed by atoms with van der Waals surface area (Å²) in [6.45, 7) is 2.10. The number of hydrogen-bond donors (Lipinski definition) is 3. The molecule has 6 nitrogen and oxygen atoms in total. The minimum atomic E-state index is -4.79. The minimum absolute atomic E-state index is 0.180. The van der Waals surface area contributed by atoms with E-state index < -0.39 is 12.3 Å². The molecule has 0 radical (unpaired) electrons. The van der Waals surface area contributed by atoms with Crippen molar-refractivity contribution in [2.24, 2.45) is 0 Å². The Hall–Kier alpha value is -3.23. The molecule has 0 aliphatic carbocycles. The molecule has 3 N–H and O–H groups in total. The maximum atomic E-state index is 12.2. The van der Waals surface area contributed by atoms with Gasteiger partial charge in [0.15, 0.2) is 0 Å². The maximum Gasteiger partial charge on any atom is 0.573 e. The number of carbonyl (C=O) groups is 2. The van der Waals surface area contributed by atoms with Crippen LogP contribution in [0.1, 0.15) is 17.3 Å². The molecule has 9 heteroatoms. The third-order valence-corrected chi connectivity index (χ3v) is 3.27. The fourth-order valence-corrected chi connectivity index (χ4v) is 2.19. The number of nitrogens with one attached hydrogen (secondary N) is 3. The van der Waals surface area contributed by atoms with Crippen molar-refractivity contribution in [3.05, 3.63) is 54.1 Å². The third kappa shape index (κ3) is 6.89. The lowest BCUT2D eigenvalue weighted by Crippen LogP contribution is -2.24. The van der Waals surface area contributed by atoms with Gasteiger partial charge in [0, 0.05) is 29.5 Å². The standard InChI is InChI=1S/C18H18F3N3O3/c1-2-22-17(26)12-5-3-7-14(9-12)24-16(25)11-23-13-6-4-8-15(10-13)27-18(19,20)21/h3-10,23H,2,11H2,1H3,(H,22,26)(H,24,25). The lowest BCUT2D eigenvalue weighted by Gasteiger charge is -2.12. The number of carbonyl (C=O) groups excluding carboxylic acids is 2. The molecule has 0 saturated carbocycles. The average molecular weight is 381 g/mol. The van der Waals surface area contributed by atoms with E-state index >= 15 is 0 Å². The Morgan fingerprint density at radius 3 is 2.44 bits per heavy atom. The van der Waals surface area contributed by atoms with E-state index in [9.17, 15) is 22.8 Å². The molecule has 144 valence electrons. The van der Waals surface area contributed by atoms with E-state index in [0.29, 0.717) is 23.5 Å². The minimum Gasteiger partial charge on any atom is -0.406 e. The van der Waals surface area contributed by atoms with Crippen LogP contribution in [0.3, 0.4) is 0 Å². The van der Waals surface area contributed by atoms with Crippen molar-refractivity contribution in [1.29, 1.82) is 0 Å². The van der Waals surface area contributed by atoms with Crippen LogP contribution in [-0.2, 0) is 4.79 Å². The van der Waals surface area contributed by atoms with E-state index in [1.807, 2.05) is 0 Å². The van der Waals surface area contributed by atoms with Crippen molar-refractivity contribution in [3.63, 3.8) is 0 Å². The van der Waals surface area contributed by atoms with E-state index in [-0.39, 0.29) is 18.2 Å². The lowest BCUT2D eigenvalue weighted by molar-refractivity contribution is -0.274. The quantitative estimate of drug-likeness (QED) is 0.687. The van der Waals surface area contributed by atoms with Gasteiger partial charge in [-0.1, -0.05) is 12.1 Å². The highest BCUT2D eigenvalue weighted by molar-refractivity contribution is 5.98. The Kier molecular flexibility index (Phi) is 6.64. The predicted octanol–water partition coefficient (Wildman–Crippen LogP) is 3.39. The largest absolute Gasteiger partial charge is 0.573 e. The second-order valence-corrected chi connectivity index (χ2v) is 5.42. The summed E-state index contributed by atoms with van der Waals surface area (Å²) >= 11 is 0. The van der Waals surface area contributed by atoms with Crippen molar-refractivity contribution in [2.75, 3.05) is 23.7 Å².